The molecule has 16 heavy (non-hydrogen) atoms. The third kappa shape index (κ3) is 3.20. The second-order valence-electron chi connectivity index (χ2n) is 3.26. The third-order valence-corrected chi connectivity index (χ3v) is 2.20. The van der Waals surface area contributed by atoms with Gasteiger partial charge in [-0.15, -0.1) is 0 Å². The van der Waals surface area contributed by atoms with E-state index < -0.39 is 0 Å². The molecule has 0 aromatic heterocycles. The number of rotatable bonds is 3. The Balaban J connectivity index is 2.68. The van der Waals surface area contributed by atoms with E-state index in [1.807, 2.05) is 0 Å². The quantitative estimate of drug-likeness (QED) is 0.522. The van der Waals surface area contributed by atoms with Crippen molar-refractivity contribution in [3.05, 3.63) is 35.1 Å². The van der Waals surface area contributed by atoms with Crippen LogP contribution in [-0.4, -0.2) is 25.2 Å². The Bertz CT molecular complexity index is 379. The lowest BCUT2D eigenvalue weighted by Crippen LogP contribution is -2.34. The van der Waals surface area contributed by atoms with Crippen molar-refractivity contribution in [1.29, 1.82) is 0 Å². The smallest absolute Gasteiger partial charge is 0.190 e. The largest absolute Gasteiger partial charge is 0.392 e. The van der Waals surface area contributed by atoms with Crippen LogP contribution in [0.4, 0.5) is 4.39 Å². The number of nitrogens with zero attached hydrogens (tertiary/aromatic N) is 1. The second kappa shape index (κ2) is 6.07. The van der Waals surface area contributed by atoms with Crippen LogP contribution in [0.3, 0.4) is 0 Å². The molecule has 0 fully saturated rings. The summed E-state index contributed by atoms with van der Waals surface area (Å²) >= 11 is 0. The van der Waals surface area contributed by atoms with E-state index in [2.05, 4.69) is 15.6 Å². The normalized spacial score (nSPS) is 11.4. The number of aliphatic hydroxyl groups is 1. The number of halogens is 1. The summed E-state index contributed by atoms with van der Waals surface area (Å²) in [5.74, 6) is 0.277. The molecule has 5 heteroatoms. The molecule has 0 radical (unpaired) electrons. The average molecular weight is 225 g/mol. The van der Waals surface area contributed by atoms with Gasteiger partial charge in [0, 0.05) is 26.2 Å². The summed E-state index contributed by atoms with van der Waals surface area (Å²) in [5.41, 5.74) is 1.19. The highest BCUT2D eigenvalue weighted by Crippen LogP contribution is 2.10. The molecule has 3 N–H and O–H groups in total. The first kappa shape index (κ1) is 12.4. The zero-order chi connectivity index (χ0) is 12.0. The van der Waals surface area contributed by atoms with Crippen LogP contribution in [0.1, 0.15) is 11.1 Å². The van der Waals surface area contributed by atoms with Crippen molar-refractivity contribution < 1.29 is 9.50 Å². The minimum absolute atomic E-state index is 0.291. The van der Waals surface area contributed by atoms with E-state index in [1.54, 1.807) is 26.2 Å². The maximum absolute atomic E-state index is 13.1. The van der Waals surface area contributed by atoms with Gasteiger partial charge < -0.3 is 15.7 Å². The van der Waals surface area contributed by atoms with Crippen LogP contribution in [0.25, 0.3) is 0 Å². The minimum atomic E-state index is -0.385. The maximum Gasteiger partial charge on any atom is 0.190 e. The SMILES string of the molecule is CN=C(NC)NCc1ccc(F)c(CO)c1. The van der Waals surface area contributed by atoms with Crippen molar-refractivity contribution in [2.75, 3.05) is 14.1 Å². The Kier molecular flexibility index (Phi) is 4.72. The lowest BCUT2D eigenvalue weighted by Gasteiger charge is -2.09. The molecule has 0 bridgehead atoms. The Morgan fingerprint density at radius 3 is 2.81 bits per heavy atom. The van der Waals surface area contributed by atoms with Gasteiger partial charge in [-0.1, -0.05) is 6.07 Å². The van der Waals surface area contributed by atoms with Crippen LogP contribution in [0.5, 0.6) is 0 Å². The van der Waals surface area contributed by atoms with Crippen molar-refractivity contribution in [2.45, 2.75) is 13.2 Å². The summed E-state index contributed by atoms with van der Waals surface area (Å²) in [4.78, 5) is 3.95. The van der Waals surface area contributed by atoms with Gasteiger partial charge in [0.05, 0.1) is 6.61 Å². The molecule has 1 rings (SSSR count). The van der Waals surface area contributed by atoms with Gasteiger partial charge in [0.2, 0.25) is 0 Å². The molecule has 0 unspecified atom stereocenters. The van der Waals surface area contributed by atoms with Crippen molar-refractivity contribution in [3.63, 3.8) is 0 Å². The molecule has 0 heterocycles. The molecule has 0 aliphatic rings. The van der Waals surface area contributed by atoms with E-state index in [4.69, 9.17) is 5.11 Å². The number of nitrogens with one attached hydrogen (secondary N) is 2. The molecule has 1 aromatic carbocycles. The zero-order valence-electron chi connectivity index (χ0n) is 9.42. The lowest BCUT2D eigenvalue weighted by atomic mass is 10.1. The molecule has 0 amide bonds. The zero-order valence-corrected chi connectivity index (χ0v) is 9.42. The molecule has 0 spiro atoms. The number of benzene rings is 1. The molecule has 0 aliphatic heterocycles. The van der Waals surface area contributed by atoms with Gasteiger partial charge in [0.15, 0.2) is 5.96 Å². The predicted molar refractivity (Wildman–Crippen MR) is 61.6 cm³/mol. The molecule has 0 atom stereocenters. The lowest BCUT2D eigenvalue weighted by molar-refractivity contribution is 0.275. The van der Waals surface area contributed by atoms with E-state index in [0.29, 0.717) is 18.1 Å². The molecular formula is C11H16FN3O. The Labute approximate surface area is 94.2 Å². The van der Waals surface area contributed by atoms with E-state index in [0.717, 1.165) is 5.56 Å². The fraction of sp³-hybridized carbons (Fsp3) is 0.364. The fourth-order valence-corrected chi connectivity index (χ4v) is 1.32. The van der Waals surface area contributed by atoms with Gasteiger partial charge in [0.25, 0.3) is 0 Å². The Hall–Kier alpha value is -1.62. The summed E-state index contributed by atoms with van der Waals surface area (Å²) < 4.78 is 13.1. The van der Waals surface area contributed by atoms with E-state index in [9.17, 15) is 4.39 Å². The van der Waals surface area contributed by atoms with Crippen LogP contribution in [-0.2, 0) is 13.2 Å². The molecule has 88 valence electrons. The van der Waals surface area contributed by atoms with Crippen LogP contribution in [0.2, 0.25) is 0 Å². The van der Waals surface area contributed by atoms with Crippen LogP contribution in [0, 0.1) is 5.82 Å². The predicted octanol–water partition coefficient (Wildman–Crippen LogP) is 0.613. The monoisotopic (exact) mass is 225 g/mol. The van der Waals surface area contributed by atoms with Gasteiger partial charge in [-0.3, -0.25) is 4.99 Å². The molecule has 4 nitrogen and oxygen atoms in total. The maximum atomic E-state index is 13.1. The van der Waals surface area contributed by atoms with Gasteiger partial charge in [-0.05, 0) is 17.7 Å². The number of aliphatic imine (C=N–C) groups is 1. The minimum Gasteiger partial charge on any atom is -0.392 e. The van der Waals surface area contributed by atoms with Crippen LogP contribution in [0.15, 0.2) is 23.2 Å². The summed E-state index contributed by atoms with van der Waals surface area (Å²) in [5, 5.41) is 14.8. The number of hydrogen-bond donors (Lipinski definition) is 3. The highest BCUT2D eigenvalue weighted by molar-refractivity contribution is 5.79. The fourth-order valence-electron chi connectivity index (χ4n) is 1.32. The third-order valence-electron chi connectivity index (χ3n) is 2.20. The molecule has 0 saturated carbocycles. The van der Waals surface area contributed by atoms with Gasteiger partial charge >= 0.3 is 0 Å². The van der Waals surface area contributed by atoms with Crippen LogP contribution < -0.4 is 10.6 Å². The van der Waals surface area contributed by atoms with Gasteiger partial charge in [-0.25, -0.2) is 4.39 Å². The van der Waals surface area contributed by atoms with Gasteiger partial charge in [-0.2, -0.15) is 0 Å². The first-order valence-corrected chi connectivity index (χ1v) is 4.97. The van der Waals surface area contributed by atoms with E-state index in [-0.39, 0.29) is 12.4 Å². The average Bonchev–Trinajstić information content (AvgIpc) is 2.32. The summed E-state index contributed by atoms with van der Waals surface area (Å²) in [6.45, 7) is 0.237. The van der Waals surface area contributed by atoms with Crippen molar-refractivity contribution in [2.24, 2.45) is 4.99 Å². The van der Waals surface area contributed by atoms with E-state index >= 15 is 0 Å². The number of aliphatic hydroxyl groups excluding tert-OH is 1. The molecule has 0 aliphatic carbocycles. The van der Waals surface area contributed by atoms with Crippen molar-refractivity contribution >= 4 is 5.96 Å². The van der Waals surface area contributed by atoms with Crippen LogP contribution >= 0.6 is 0 Å². The molecular weight excluding hydrogens is 209 g/mol. The molecule has 0 saturated heterocycles. The highest BCUT2D eigenvalue weighted by atomic mass is 19.1. The first-order valence-electron chi connectivity index (χ1n) is 4.97. The summed E-state index contributed by atoms with van der Waals surface area (Å²) in [6, 6.07) is 4.65. The van der Waals surface area contributed by atoms with E-state index in [1.165, 1.54) is 6.07 Å². The standard InChI is InChI=1S/C11H16FN3O/c1-13-11(14-2)15-6-8-3-4-10(12)9(5-8)7-16/h3-5,16H,6-7H2,1-2H3,(H2,13,14,15). The highest BCUT2D eigenvalue weighted by Gasteiger charge is 2.02. The number of hydrogen-bond acceptors (Lipinski definition) is 2. The number of guanidine groups is 1. The van der Waals surface area contributed by atoms with Crippen molar-refractivity contribution in [1.82, 2.24) is 10.6 Å². The van der Waals surface area contributed by atoms with Gasteiger partial charge in [0.1, 0.15) is 5.82 Å². The van der Waals surface area contributed by atoms with Crippen molar-refractivity contribution in [3.8, 4) is 0 Å². The first-order chi connectivity index (χ1) is 7.71. The summed E-state index contributed by atoms with van der Waals surface area (Å²) in [6.07, 6.45) is 0. The topological polar surface area (TPSA) is 56.7 Å². The Morgan fingerprint density at radius 2 is 2.25 bits per heavy atom. The second-order valence-corrected chi connectivity index (χ2v) is 3.26. The summed E-state index contributed by atoms with van der Waals surface area (Å²) in [7, 11) is 3.43. The Morgan fingerprint density at radius 1 is 1.50 bits per heavy atom. The molecule has 1 aromatic rings.